The van der Waals surface area contributed by atoms with Gasteiger partial charge in [0, 0.05) is 18.8 Å². The maximum absolute atomic E-state index is 4.58. The lowest BCUT2D eigenvalue weighted by molar-refractivity contribution is 0.372. The number of hydrogen-bond acceptors (Lipinski definition) is 3. The van der Waals surface area contributed by atoms with Crippen molar-refractivity contribution in [1.29, 1.82) is 0 Å². The van der Waals surface area contributed by atoms with E-state index in [9.17, 15) is 0 Å². The summed E-state index contributed by atoms with van der Waals surface area (Å²) >= 11 is 0. The molecule has 1 aromatic rings. The molecule has 0 aromatic carbocycles. The molecule has 2 heterocycles. The Kier molecular flexibility index (Phi) is 3.50. The number of aromatic nitrogens is 1. The molecule has 0 spiro atoms. The third-order valence-electron chi connectivity index (χ3n) is 4.10. The van der Waals surface area contributed by atoms with Crippen molar-refractivity contribution in [3.63, 3.8) is 0 Å². The molecule has 0 bridgehead atoms. The fourth-order valence-electron chi connectivity index (χ4n) is 2.84. The summed E-state index contributed by atoms with van der Waals surface area (Å²) in [4.78, 5) is 7.14. The lowest BCUT2D eigenvalue weighted by atomic mass is 9.97. The summed E-state index contributed by atoms with van der Waals surface area (Å²) in [6.45, 7) is 5.72. The first kappa shape index (κ1) is 12.0. The van der Waals surface area contributed by atoms with Crippen LogP contribution in [0, 0.1) is 12.8 Å². The summed E-state index contributed by atoms with van der Waals surface area (Å²) in [5.74, 6) is 2.03. The van der Waals surface area contributed by atoms with Gasteiger partial charge in [-0.25, -0.2) is 4.98 Å². The van der Waals surface area contributed by atoms with Crippen molar-refractivity contribution >= 4 is 5.82 Å². The Morgan fingerprint density at radius 2 is 2.06 bits per heavy atom. The molecule has 0 radical (unpaired) electrons. The number of hydrogen-bond donors (Lipinski definition) is 1. The van der Waals surface area contributed by atoms with Gasteiger partial charge in [-0.1, -0.05) is 0 Å². The van der Waals surface area contributed by atoms with E-state index in [0.29, 0.717) is 0 Å². The number of rotatable bonds is 4. The predicted octanol–water partition coefficient (Wildman–Crippen LogP) is 2.36. The molecule has 1 saturated carbocycles. The standard InChI is InChI=1S/C15H23N3/c1-12-4-9-17-15(10-12)18(14-2-3-14)11-13-5-7-16-8-6-13/h4,9-10,13-14,16H,2-3,5-8,11H2,1H3. The van der Waals surface area contributed by atoms with Gasteiger partial charge in [-0.3, -0.25) is 0 Å². The third kappa shape index (κ3) is 2.83. The number of pyridine rings is 1. The highest BCUT2D eigenvalue weighted by molar-refractivity contribution is 5.43. The zero-order valence-electron chi connectivity index (χ0n) is 11.2. The van der Waals surface area contributed by atoms with Crippen LogP contribution in [0.15, 0.2) is 18.3 Å². The van der Waals surface area contributed by atoms with Crippen LogP contribution in [0.4, 0.5) is 5.82 Å². The van der Waals surface area contributed by atoms with Crippen LogP contribution >= 0.6 is 0 Å². The van der Waals surface area contributed by atoms with Crippen LogP contribution in [0.25, 0.3) is 0 Å². The number of nitrogens with one attached hydrogen (secondary N) is 1. The smallest absolute Gasteiger partial charge is 0.128 e. The van der Waals surface area contributed by atoms with Crippen LogP contribution in [0.3, 0.4) is 0 Å². The molecule has 1 saturated heterocycles. The molecular formula is C15H23N3. The Morgan fingerprint density at radius 3 is 2.72 bits per heavy atom. The molecule has 3 nitrogen and oxygen atoms in total. The lowest BCUT2D eigenvalue weighted by Crippen LogP contribution is -2.37. The highest BCUT2D eigenvalue weighted by Crippen LogP contribution is 2.32. The van der Waals surface area contributed by atoms with Crippen LogP contribution in [0.1, 0.15) is 31.2 Å². The van der Waals surface area contributed by atoms with Gasteiger partial charge in [-0.05, 0) is 69.3 Å². The molecule has 3 rings (SSSR count). The van der Waals surface area contributed by atoms with Crippen molar-refractivity contribution < 1.29 is 0 Å². The Hall–Kier alpha value is -1.09. The van der Waals surface area contributed by atoms with Gasteiger partial charge in [0.15, 0.2) is 0 Å². The van der Waals surface area contributed by atoms with Crippen LogP contribution in [0.5, 0.6) is 0 Å². The van der Waals surface area contributed by atoms with Crippen molar-refractivity contribution in [1.82, 2.24) is 10.3 Å². The molecule has 18 heavy (non-hydrogen) atoms. The molecule has 2 aliphatic rings. The summed E-state index contributed by atoms with van der Waals surface area (Å²) in [5.41, 5.74) is 1.32. The molecular weight excluding hydrogens is 222 g/mol. The van der Waals surface area contributed by atoms with Gasteiger partial charge < -0.3 is 10.2 Å². The first-order valence-corrected chi connectivity index (χ1v) is 7.23. The fourth-order valence-corrected chi connectivity index (χ4v) is 2.84. The van der Waals surface area contributed by atoms with Crippen LogP contribution in [0.2, 0.25) is 0 Å². The summed E-state index contributed by atoms with van der Waals surface area (Å²) in [5, 5.41) is 3.45. The van der Waals surface area contributed by atoms with Crippen LogP contribution in [-0.4, -0.2) is 30.7 Å². The first-order chi connectivity index (χ1) is 8.83. The summed E-state index contributed by atoms with van der Waals surface area (Å²) in [6.07, 6.45) is 7.27. The second kappa shape index (κ2) is 5.27. The molecule has 1 aliphatic heterocycles. The molecule has 3 heteroatoms. The van der Waals surface area contributed by atoms with Crippen molar-refractivity contribution in [2.75, 3.05) is 24.5 Å². The second-order valence-electron chi connectivity index (χ2n) is 5.77. The topological polar surface area (TPSA) is 28.2 Å². The minimum absolute atomic E-state index is 0.759. The molecule has 0 amide bonds. The predicted molar refractivity (Wildman–Crippen MR) is 74.9 cm³/mol. The van der Waals surface area contributed by atoms with E-state index < -0.39 is 0 Å². The van der Waals surface area contributed by atoms with Gasteiger partial charge in [-0.2, -0.15) is 0 Å². The third-order valence-corrected chi connectivity index (χ3v) is 4.10. The van der Waals surface area contributed by atoms with Gasteiger partial charge in [0.2, 0.25) is 0 Å². The zero-order valence-corrected chi connectivity index (χ0v) is 11.2. The van der Waals surface area contributed by atoms with Gasteiger partial charge in [0.25, 0.3) is 0 Å². The number of nitrogens with zero attached hydrogens (tertiary/aromatic N) is 2. The van der Waals surface area contributed by atoms with Crippen molar-refractivity contribution in [3.05, 3.63) is 23.9 Å². The minimum Gasteiger partial charge on any atom is -0.353 e. The lowest BCUT2D eigenvalue weighted by Gasteiger charge is -2.31. The summed E-state index contributed by atoms with van der Waals surface area (Å²) in [7, 11) is 0. The molecule has 0 atom stereocenters. The fraction of sp³-hybridized carbons (Fsp3) is 0.667. The normalized spacial score (nSPS) is 20.9. The Labute approximate surface area is 110 Å². The highest BCUT2D eigenvalue weighted by Gasteiger charge is 2.31. The molecule has 1 N–H and O–H groups in total. The summed E-state index contributed by atoms with van der Waals surface area (Å²) < 4.78 is 0. The number of aryl methyl sites for hydroxylation is 1. The van der Waals surface area contributed by atoms with Gasteiger partial charge in [0.1, 0.15) is 5.82 Å². The minimum atomic E-state index is 0.759. The van der Waals surface area contributed by atoms with E-state index in [1.807, 2.05) is 6.20 Å². The highest BCUT2D eigenvalue weighted by atomic mass is 15.2. The van der Waals surface area contributed by atoms with Crippen LogP contribution < -0.4 is 10.2 Å². The van der Waals surface area contributed by atoms with E-state index in [1.54, 1.807) is 0 Å². The SMILES string of the molecule is Cc1ccnc(N(CC2CCNCC2)C2CC2)c1. The molecule has 2 fully saturated rings. The van der Waals surface area contributed by atoms with E-state index in [2.05, 4.69) is 34.3 Å². The van der Waals surface area contributed by atoms with E-state index in [4.69, 9.17) is 0 Å². The van der Waals surface area contributed by atoms with Crippen molar-refractivity contribution in [2.24, 2.45) is 5.92 Å². The van der Waals surface area contributed by atoms with Crippen LogP contribution in [-0.2, 0) is 0 Å². The van der Waals surface area contributed by atoms with Crippen molar-refractivity contribution in [2.45, 2.75) is 38.6 Å². The maximum atomic E-state index is 4.58. The van der Waals surface area contributed by atoms with Gasteiger partial charge >= 0.3 is 0 Å². The van der Waals surface area contributed by atoms with E-state index in [0.717, 1.165) is 12.0 Å². The monoisotopic (exact) mass is 245 g/mol. The Morgan fingerprint density at radius 1 is 1.28 bits per heavy atom. The first-order valence-electron chi connectivity index (χ1n) is 7.23. The molecule has 1 aliphatic carbocycles. The second-order valence-corrected chi connectivity index (χ2v) is 5.77. The number of anilines is 1. The maximum Gasteiger partial charge on any atom is 0.128 e. The summed E-state index contributed by atoms with van der Waals surface area (Å²) in [6, 6.07) is 5.08. The van der Waals surface area contributed by atoms with Gasteiger partial charge in [-0.15, -0.1) is 0 Å². The van der Waals surface area contributed by atoms with Crippen molar-refractivity contribution in [3.8, 4) is 0 Å². The zero-order chi connectivity index (χ0) is 12.4. The van der Waals surface area contributed by atoms with E-state index in [1.165, 1.54) is 56.7 Å². The number of piperidine rings is 1. The largest absolute Gasteiger partial charge is 0.353 e. The molecule has 0 unspecified atom stereocenters. The quantitative estimate of drug-likeness (QED) is 0.882. The molecule has 98 valence electrons. The van der Waals surface area contributed by atoms with Gasteiger partial charge in [0.05, 0.1) is 0 Å². The van der Waals surface area contributed by atoms with E-state index in [-0.39, 0.29) is 0 Å². The average molecular weight is 245 g/mol. The Balaban J connectivity index is 1.71. The van der Waals surface area contributed by atoms with E-state index >= 15 is 0 Å². The average Bonchev–Trinajstić information content (AvgIpc) is 3.21. The molecule has 1 aromatic heterocycles. The Bertz CT molecular complexity index is 394.